The van der Waals surface area contributed by atoms with E-state index in [1.54, 1.807) is 0 Å². The lowest BCUT2D eigenvalue weighted by molar-refractivity contribution is -0.928. The predicted octanol–water partition coefficient (Wildman–Crippen LogP) is 1.33. The molecule has 1 atom stereocenters. The van der Waals surface area contributed by atoms with Crippen LogP contribution >= 0.6 is 0 Å². The summed E-state index contributed by atoms with van der Waals surface area (Å²) in [5.41, 5.74) is 0. The van der Waals surface area contributed by atoms with Gasteiger partial charge in [-0.3, -0.25) is 4.79 Å². The molecule has 0 saturated carbocycles. The Morgan fingerprint density at radius 1 is 0.958 bits per heavy atom. The van der Waals surface area contributed by atoms with Gasteiger partial charge in [0.2, 0.25) is 0 Å². The van der Waals surface area contributed by atoms with Gasteiger partial charge in [-0.15, -0.1) is 0 Å². The normalized spacial score (nSPS) is 13.9. The van der Waals surface area contributed by atoms with Gasteiger partial charge in [-0.25, -0.2) is 0 Å². The molecule has 0 amide bonds. The minimum atomic E-state index is -1.07. The summed E-state index contributed by atoms with van der Waals surface area (Å²) in [5.74, 6) is -1.90. The third kappa shape index (κ3) is 12.1. The summed E-state index contributed by atoms with van der Waals surface area (Å²) in [6, 6.07) is 0. The Morgan fingerprint density at radius 3 is 2.12 bits per heavy atom. The van der Waals surface area contributed by atoms with Gasteiger partial charge >= 0.3 is 5.97 Å². The van der Waals surface area contributed by atoms with Crippen molar-refractivity contribution in [3.05, 3.63) is 12.2 Å². The van der Waals surface area contributed by atoms with E-state index in [0.29, 0.717) is 37.0 Å². The summed E-state index contributed by atoms with van der Waals surface area (Å²) < 4.78 is 0.565. The topological polar surface area (TPSA) is 97.7 Å². The molecule has 24 heavy (non-hydrogen) atoms. The van der Waals surface area contributed by atoms with E-state index in [2.05, 4.69) is 19.1 Å². The first-order chi connectivity index (χ1) is 11.5. The van der Waals surface area contributed by atoms with Crippen LogP contribution in [0.3, 0.4) is 0 Å². The van der Waals surface area contributed by atoms with Crippen LogP contribution in [-0.4, -0.2) is 59.4 Å². The van der Waals surface area contributed by atoms with Crippen LogP contribution < -0.4 is 5.11 Å². The molecule has 2 N–H and O–H groups in total. The molecule has 0 aromatic heterocycles. The van der Waals surface area contributed by atoms with E-state index in [-0.39, 0.29) is 19.4 Å². The maximum Gasteiger partial charge on any atom is 0.303 e. The van der Waals surface area contributed by atoms with E-state index in [9.17, 15) is 19.8 Å². The number of carbonyl (C=O) groups excluding carboxylic acids is 1. The SMILES string of the molecule is CCCC/C=C/CC[N+](CCO)(CCCC(=O)[O-])CCCC(=O)O. The molecule has 0 saturated heterocycles. The Bertz CT molecular complexity index is 362. The third-order valence-corrected chi connectivity index (χ3v) is 4.27. The Labute approximate surface area is 145 Å². The van der Waals surface area contributed by atoms with Crippen molar-refractivity contribution in [2.24, 2.45) is 0 Å². The van der Waals surface area contributed by atoms with Crippen molar-refractivity contribution in [3.8, 4) is 0 Å². The van der Waals surface area contributed by atoms with Gasteiger partial charge in [0.1, 0.15) is 6.54 Å². The highest BCUT2D eigenvalue weighted by molar-refractivity contribution is 5.66. The van der Waals surface area contributed by atoms with Gasteiger partial charge in [0, 0.05) is 25.2 Å². The van der Waals surface area contributed by atoms with Gasteiger partial charge in [-0.05, 0) is 12.8 Å². The number of hydrogen-bond acceptors (Lipinski definition) is 4. The summed E-state index contributed by atoms with van der Waals surface area (Å²) in [4.78, 5) is 21.4. The zero-order valence-electron chi connectivity index (χ0n) is 14.9. The molecule has 140 valence electrons. The van der Waals surface area contributed by atoms with Gasteiger partial charge in [-0.2, -0.15) is 0 Å². The van der Waals surface area contributed by atoms with Crippen molar-refractivity contribution in [1.82, 2.24) is 0 Å². The molecular weight excluding hydrogens is 310 g/mol. The van der Waals surface area contributed by atoms with Crippen LogP contribution in [0.2, 0.25) is 0 Å². The minimum absolute atomic E-state index is 0.00328. The second-order valence-corrected chi connectivity index (χ2v) is 6.33. The highest BCUT2D eigenvalue weighted by Crippen LogP contribution is 2.14. The molecule has 6 heteroatoms. The number of allylic oxidation sites excluding steroid dienone is 1. The van der Waals surface area contributed by atoms with E-state index in [0.717, 1.165) is 32.2 Å². The molecular formula is C18H33NO5. The van der Waals surface area contributed by atoms with Crippen LogP contribution in [0.4, 0.5) is 0 Å². The minimum Gasteiger partial charge on any atom is -0.550 e. The molecule has 6 nitrogen and oxygen atoms in total. The number of aliphatic carboxylic acids is 2. The molecule has 1 unspecified atom stereocenters. The van der Waals surface area contributed by atoms with E-state index < -0.39 is 11.9 Å². The molecule has 0 aromatic rings. The standard InChI is InChI=1S/C18H33NO5/c1-2-3-4-5-6-7-12-19(15-16-20,13-8-10-17(21)22)14-9-11-18(23)24/h5-6,20H,2-4,7-16H2,1H3,(H-,21,22,23,24)/b6-5+. The van der Waals surface area contributed by atoms with Crippen LogP contribution in [0, 0.1) is 0 Å². The van der Waals surface area contributed by atoms with Gasteiger partial charge in [-0.1, -0.05) is 31.9 Å². The number of aliphatic hydroxyl groups excluding tert-OH is 1. The lowest BCUT2D eigenvalue weighted by Crippen LogP contribution is -2.52. The highest BCUT2D eigenvalue weighted by Gasteiger charge is 2.25. The fourth-order valence-electron chi connectivity index (χ4n) is 2.91. The number of quaternary nitrogens is 1. The highest BCUT2D eigenvalue weighted by atomic mass is 16.4. The molecule has 0 aromatic carbocycles. The first-order valence-electron chi connectivity index (χ1n) is 8.98. The van der Waals surface area contributed by atoms with E-state index in [1.807, 2.05) is 0 Å². The molecule has 0 bridgehead atoms. The average Bonchev–Trinajstić information content (AvgIpc) is 2.50. The molecule has 0 aliphatic heterocycles. The van der Waals surface area contributed by atoms with Crippen LogP contribution in [0.15, 0.2) is 12.2 Å². The van der Waals surface area contributed by atoms with Crippen molar-refractivity contribution in [3.63, 3.8) is 0 Å². The Balaban J connectivity index is 4.66. The van der Waals surface area contributed by atoms with Crippen LogP contribution in [-0.2, 0) is 9.59 Å². The third-order valence-electron chi connectivity index (χ3n) is 4.27. The lowest BCUT2D eigenvalue weighted by Gasteiger charge is -2.38. The van der Waals surface area contributed by atoms with Gasteiger partial charge in [0.25, 0.3) is 0 Å². The summed E-state index contributed by atoms with van der Waals surface area (Å²) >= 11 is 0. The van der Waals surface area contributed by atoms with Crippen LogP contribution in [0.5, 0.6) is 0 Å². The first-order valence-corrected chi connectivity index (χ1v) is 8.98. The molecule has 0 rings (SSSR count). The number of carboxylic acids is 2. The zero-order chi connectivity index (χ0) is 18.3. The monoisotopic (exact) mass is 343 g/mol. The van der Waals surface area contributed by atoms with Gasteiger partial charge < -0.3 is 24.6 Å². The maximum absolute atomic E-state index is 10.8. The number of carboxylic acid groups (broad SMARTS) is 2. The molecule has 0 fully saturated rings. The molecule has 0 heterocycles. The predicted molar refractivity (Wildman–Crippen MR) is 91.2 cm³/mol. The second-order valence-electron chi connectivity index (χ2n) is 6.33. The number of unbranched alkanes of at least 4 members (excludes halogenated alkanes) is 2. The molecule has 0 aliphatic carbocycles. The van der Waals surface area contributed by atoms with Crippen molar-refractivity contribution < 1.29 is 29.4 Å². The molecule has 0 aliphatic rings. The Kier molecular flexibility index (Phi) is 13.2. The lowest BCUT2D eigenvalue weighted by atomic mass is 10.1. The summed E-state index contributed by atoms with van der Waals surface area (Å²) in [6.45, 7) is 4.74. The number of rotatable bonds is 16. The average molecular weight is 343 g/mol. The van der Waals surface area contributed by atoms with Crippen LogP contribution in [0.1, 0.15) is 58.3 Å². The summed E-state index contributed by atoms with van der Waals surface area (Å²) in [7, 11) is 0. The van der Waals surface area contributed by atoms with Crippen molar-refractivity contribution in [2.75, 3.05) is 32.8 Å². The maximum atomic E-state index is 10.8. The number of nitrogens with zero attached hydrogens (tertiary/aromatic N) is 1. The Morgan fingerprint density at radius 2 is 1.58 bits per heavy atom. The molecule has 0 spiro atoms. The van der Waals surface area contributed by atoms with Crippen molar-refractivity contribution in [2.45, 2.75) is 58.3 Å². The van der Waals surface area contributed by atoms with Gasteiger partial charge in [0.05, 0.1) is 32.7 Å². The van der Waals surface area contributed by atoms with Crippen LogP contribution in [0.25, 0.3) is 0 Å². The van der Waals surface area contributed by atoms with Crippen molar-refractivity contribution >= 4 is 11.9 Å². The van der Waals surface area contributed by atoms with Crippen molar-refractivity contribution in [1.29, 1.82) is 0 Å². The number of hydrogen-bond donors (Lipinski definition) is 2. The van der Waals surface area contributed by atoms with E-state index in [4.69, 9.17) is 5.11 Å². The number of carbonyl (C=O) groups is 2. The molecule has 0 radical (unpaired) electrons. The Hall–Kier alpha value is -1.40. The quantitative estimate of drug-likeness (QED) is 0.250. The first kappa shape index (κ1) is 22.6. The summed E-state index contributed by atoms with van der Waals surface area (Å²) in [5, 5.41) is 28.9. The van der Waals surface area contributed by atoms with E-state index in [1.165, 1.54) is 0 Å². The summed E-state index contributed by atoms with van der Waals surface area (Å²) in [6.07, 6.45) is 9.63. The fourth-order valence-corrected chi connectivity index (χ4v) is 2.91. The smallest absolute Gasteiger partial charge is 0.303 e. The van der Waals surface area contributed by atoms with E-state index >= 15 is 0 Å². The number of aliphatic hydroxyl groups is 1. The fraction of sp³-hybridized carbons (Fsp3) is 0.778. The zero-order valence-corrected chi connectivity index (χ0v) is 14.9. The van der Waals surface area contributed by atoms with Gasteiger partial charge in [0.15, 0.2) is 0 Å². The largest absolute Gasteiger partial charge is 0.550 e. The second kappa shape index (κ2) is 14.0.